The lowest BCUT2D eigenvalue weighted by atomic mass is 9.87. The number of hydrogen-bond acceptors (Lipinski definition) is 3. The van der Waals surface area contributed by atoms with Crippen molar-refractivity contribution in [2.24, 2.45) is 0 Å². The van der Waals surface area contributed by atoms with Crippen LogP contribution in [0.5, 0.6) is 0 Å². The summed E-state index contributed by atoms with van der Waals surface area (Å²) in [7, 11) is -3.51. The molecule has 120 valence electrons. The summed E-state index contributed by atoms with van der Waals surface area (Å²) in [5, 5.41) is 4.13. The van der Waals surface area contributed by atoms with Gasteiger partial charge in [-0.1, -0.05) is 32.9 Å². The van der Waals surface area contributed by atoms with Gasteiger partial charge < -0.3 is 0 Å². The van der Waals surface area contributed by atoms with Crippen molar-refractivity contribution in [3.63, 3.8) is 0 Å². The van der Waals surface area contributed by atoms with E-state index in [9.17, 15) is 8.42 Å². The van der Waals surface area contributed by atoms with Crippen LogP contribution < -0.4 is 4.72 Å². The standard InChI is InChI=1S/C16H23N3O2S/c1-5-19-12-13(10-17-19)11-18-22(20,21)15-8-6-14(7-9-15)16(2,3)4/h6-10,12,18H,5,11H2,1-4H3. The fraction of sp³-hybridized carbons (Fsp3) is 0.438. The van der Waals surface area contributed by atoms with E-state index in [4.69, 9.17) is 0 Å². The Balaban J connectivity index is 2.09. The summed E-state index contributed by atoms with van der Waals surface area (Å²) in [5.74, 6) is 0. The highest BCUT2D eigenvalue weighted by molar-refractivity contribution is 7.89. The zero-order valence-electron chi connectivity index (χ0n) is 13.5. The van der Waals surface area contributed by atoms with Gasteiger partial charge in [0.2, 0.25) is 10.0 Å². The number of aryl methyl sites for hydroxylation is 1. The maximum Gasteiger partial charge on any atom is 0.240 e. The van der Waals surface area contributed by atoms with Crippen LogP contribution in [-0.4, -0.2) is 18.2 Å². The quantitative estimate of drug-likeness (QED) is 0.921. The van der Waals surface area contributed by atoms with Crippen molar-refractivity contribution in [3.05, 3.63) is 47.8 Å². The maximum atomic E-state index is 12.3. The molecule has 1 aromatic heterocycles. The predicted molar refractivity (Wildman–Crippen MR) is 87.1 cm³/mol. The molecule has 1 heterocycles. The van der Waals surface area contributed by atoms with Gasteiger partial charge in [0.15, 0.2) is 0 Å². The van der Waals surface area contributed by atoms with Crippen molar-refractivity contribution >= 4 is 10.0 Å². The van der Waals surface area contributed by atoms with Gasteiger partial charge in [0.05, 0.1) is 11.1 Å². The molecule has 5 nitrogen and oxygen atoms in total. The molecule has 0 unspecified atom stereocenters. The SMILES string of the molecule is CCn1cc(CNS(=O)(=O)c2ccc(C(C)(C)C)cc2)cn1. The van der Waals surface area contributed by atoms with Crippen LogP contribution in [0.2, 0.25) is 0 Å². The van der Waals surface area contributed by atoms with Gasteiger partial charge in [0.25, 0.3) is 0 Å². The molecule has 0 saturated carbocycles. The van der Waals surface area contributed by atoms with Crippen molar-refractivity contribution in [1.29, 1.82) is 0 Å². The summed E-state index contributed by atoms with van der Waals surface area (Å²) < 4.78 is 29.0. The predicted octanol–water partition coefficient (Wildman–Crippen LogP) is 2.68. The van der Waals surface area contributed by atoms with Crippen LogP contribution in [0.25, 0.3) is 0 Å². The van der Waals surface area contributed by atoms with Crippen LogP contribution in [0, 0.1) is 0 Å². The second-order valence-corrected chi connectivity index (χ2v) is 8.07. The molecule has 6 heteroatoms. The van der Waals surface area contributed by atoms with Gasteiger partial charge in [-0.2, -0.15) is 5.10 Å². The average molecular weight is 321 g/mol. The molecule has 1 aromatic carbocycles. The first-order chi connectivity index (χ1) is 10.2. The monoisotopic (exact) mass is 321 g/mol. The van der Waals surface area contributed by atoms with E-state index in [1.165, 1.54) is 0 Å². The molecular weight excluding hydrogens is 298 g/mol. The average Bonchev–Trinajstić information content (AvgIpc) is 2.93. The molecule has 0 fully saturated rings. The van der Waals surface area contributed by atoms with Gasteiger partial charge in [0.1, 0.15) is 0 Å². The Morgan fingerprint density at radius 3 is 2.32 bits per heavy atom. The molecular formula is C16H23N3O2S. The normalized spacial score (nSPS) is 12.5. The Bertz CT molecular complexity index is 725. The molecule has 0 bridgehead atoms. The van der Waals surface area contributed by atoms with Gasteiger partial charge in [-0.3, -0.25) is 4.68 Å². The number of benzene rings is 1. The Kier molecular flexibility index (Phi) is 4.72. The third-order valence-corrected chi connectivity index (χ3v) is 4.92. The Labute approximate surface area is 132 Å². The van der Waals surface area contributed by atoms with E-state index in [1.807, 2.05) is 25.3 Å². The molecule has 0 saturated heterocycles. The van der Waals surface area contributed by atoms with Crippen LogP contribution in [0.3, 0.4) is 0 Å². The van der Waals surface area contributed by atoms with Crippen molar-refractivity contribution in [3.8, 4) is 0 Å². The number of hydrogen-bond donors (Lipinski definition) is 1. The number of nitrogens with one attached hydrogen (secondary N) is 1. The third-order valence-electron chi connectivity index (χ3n) is 3.51. The fourth-order valence-corrected chi connectivity index (χ4v) is 3.08. The summed E-state index contributed by atoms with van der Waals surface area (Å²) in [4.78, 5) is 0.281. The molecule has 1 N–H and O–H groups in total. The molecule has 0 aliphatic rings. The van der Waals surface area contributed by atoms with E-state index in [1.54, 1.807) is 23.0 Å². The Hall–Kier alpha value is -1.66. The van der Waals surface area contributed by atoms with Crippen molar-refractivity contribution in [1.82, 2.24) is 14.5 Å². The molecule has 2 aromatic rings. The number of rotatable bonds is 5. The van der Waals surface area contributed by atoms with E-state index in [0.717, 1.165) is 17.7 Å². The molecule has 2 rings (SSSR count). The molecule has 22 heavy (non-hydrogen) atoms. The molecule has 0 aliphatic carbocycles. The highest BCUT2D eigenvalue weighted by Crippen LogP contribution is 2.23. The zero-order chi connectivity index (χ0) is 16.4. The van der Waals surface area contributed by atoms with Crippen LogP contribution in [-0.2, 0) is 28.5 Å². The van der Waals surface area contributed by atoms with Gasteiger partial charge in [-0.15, -0.1) is 0 Å². The summed E-state index contributed by atoms with van der Waals surface area (Å²) in [6, 6.07) is 7.03. The van der Waals surface area contributed by atoms with Crippen molar-refractivity contribution in [2.45, 2.75) is 51.1 Å². The van der Waals surface area contributed by atoms with Gasteiger partial charge >= 0.3 is 0 Å². The summed E-state index contributed by atoms with van der Waals surface area (Å²) >= 11 is 0. The lowest BCUT2D eigenvalue weighted by Gasteiger charge is -2.19. The number of nitrogens with zero attached hydrogens (tertiary/aromatic N) is 2. The summed E-state index contributed by atoms with van der Waals surface area (Å²) in [6.45, 7) is 9.28. The van der Waals surface area contributed by atoms with E-state index in [0.29, 0.717) is 0 Å². The highest BCUT2D eigenvalue weighted by Gasteiger charge is 2.17. The first kappa shape index (κ1) is 16.7. The van der Waals surface area contributed by atoms with Crippen LogP contribution in [0.4, 0.5) is 0 Å². The highest BCUT2D eigenvalue weighted by atomic mass is 32.2. The smallest absolute Gasteiger partial charge is 0.240 e. The largest absolute Gasteiger partial charge is 0.273 e. The van der Waals surface area contributed by atoms with Crippen LogP contribution >= 0.6 is 0 Å². The van der Waals surface area contributed by atoms with E-state index < -0.39 is 10.0 Å². The van der Waals surface area contributed by atoms with Crippen LogP contribution in [0.1, 0.15) is 38.8 Å². The van der Waals surface area contributed by atoms with E-state index in [-0.39, 0.29) is 16.9 Å². The minimum absolute atomic E-state index is 0.00442. The number of sulfonamides is 1. The van der Waals surface area contributed by atoms with Crippen molar-refractivity contribution in [2.75, 3.05) is 0 Å². The molecule has 0 radical (unpaired) electrons. The molecule has 0 spiro atoms. The second kappa shape index (κ2) is 6.22. The topological polar surface area (TPSA) is 64.0 Å². The number of aromatic nitrogens is 2. The third kappa shape index (κ3) is 3.96. The molecule has 0 aliphatic heterocycles. The zero-order valence-corrected chi connectivity index (χ0v) is 14.3. The van der Waals surface area contributed by atoms with Gasteiger partial charge in [-0.25, -0.2) is 13.1 Å². The lowest BCUT2D eigenvalue weighted by Crippen LogP contribution is -2.23. The summed E-state index contributed by atoms with van der Waals surface area (Å²) in [5.41, 5.74) is 1.96. The van der Waals surface area contributed by atoms with Gasteiger partial charge in [-0.05, 0) is 30.0 Å². The fourth-order valence-electron chi connectivity index (χ4n) is 2.07. The minimum atomic E-state index is -3.51. The first-order valence-electron chi connectivity index (χ1n) is 7.34. The Morgan fingerprint density at radius 2 is 1.82 bits per heavy atom. The Morgan fingerprint density at radius 1 is 1.18 bits per heavy atom. The molecule has 0 atom stereocenters. The maximum absolute atomic E-state index is 12.3. The lowest BCUT2D eigenvalue weighted by molar-refractivity contribution is 0.578. The van der Waals surface area contributed by atoms with Crippen LogP contribution in [0.15, 0.2) is 41.6 Å². The summed E-state index contributed by atoms with van der Waals surface area (Å²) in [6.07, 6.45) is 3.51. The van der Waals surface area contributed by atoms with E-state index in [2.05, 4.69) is 30.6 Å². The minimum Gasteiger partial charge on any atom is -0.273 e. The van der Waals surface area contributed by atoms with Crippen molar-refractivity contribution < 1.29 is 8.42 Å². The van der Waals surface area contributed by atoms with E-state index >= 15 is 0 Å². The molecule has 0 amide bonds. The first-order valence-corrected chi connectivity index (χ1v) is 8.82. The second-order valence-electron chi connectivity index (χ2n) is 6.30. The van der Waals surface area contributed by atoms with Gasteiger partial charge in [0, 0.05) is 24.8 Å².